The normalized spacial score (nSPS) is 16.8. The zero-order valence-corrected chi connectivity index (χ0v) is 21.4. The van der Waals surface area contributed by atoms with Gasteiger partial charge in [0.1, 0.15) is 17.6 Å². The van der Waals surface area contributed by atoms with Gasteiger partial charge in [0.2, 0.25) is 5.91 Å². The molecule has 9 heteroatoms. The van der Waals surface area contributed by atoms with Crippen molar-refractivity contribution in [2.45, 2.75) is 25.4 Å². The van der Waals surface area contributed by atoms with Gasteiger partial charge in [-0.1, -0.05) is 30.3 Å². The lowest BCUT2D eigenvalue weighted by Gasteiger charge is -2.25. The highest BCUT2D eigenvalue weighted by Gasteiger charge is 2.41. The number of benzene rings is 2. The van der Waals surface area contributed by atoms with Crippen molar-refractivity contribution in [2.75, 3.05) is 11.9 Å². The van der Waals surface area contributed by atoms with Gasteiger partial charge < -0.3 is 25.1 Å². The van der Waals surface area contributed by atoms with Crippen LogP contribution in [0, 0.1) is 6.92 Å². The van der Waals surface area contributed by atoms with Gasteiger partial charge in [-0.05, 0) is 73.2 Å². The lowest BCUT2D eigenvalue weighted by atomic mass is 10.0. The van der Waals surface area contributed by atoms with E-state index in [1.807, 2.05) is 66.4 Å². The Labute approximate surface area is 225 Å². The van der Waals surface area contributed by atoms with Gasteiger partial charge in [0.05, 0.1) is 17.3 Å². The zero-order chi connectivity index (χ0) is 26.6. The number of carboxylic acids is 1. The van der Waals surface area contributed by atoms with E-state index in [4.69, 9.17) is 16.6 Å². The fourth-order valence-corrected chi connectivity index (χ4v) is 4.90. The molecule has 192 valence electrons. The number of carbonyl (C=O) groups is 2. The molecule has 1 fully saturated rings. The number of nitrogens with zero attached hydrogens (tertiary/aromatic N) is 2. The Kier molecular flexibility index (Phi) is 7.19. The third-order valence-corrected chi connectivity index (χ3v) is 6.77. The lowest BCUT2D eigenvalue weighted by Crippen LogP contribution is -2.32. The van der Waals surface area contributed by atoms with E-state index in [-0.39, 0.29) is 30.0 Å². The molecule has 2 atom stereocenters. The minimum Gasteiger partial charge on any atom is -0.478 e. The molecule has 1 aliphatic rings. The van der Waals surface area contributed by atoms with Crippen LogP contribution >= 0.6 is 12.2 Å². The molecule has 1 amide bonds. The Morgan fingerprint density at radius 2 is 1.89 bits per heavy atom. The van der Waals surface area contributed by atoms with Gasteiger partial charge in [0, 0.05) is 30.4 Å². The molecular formula is C29H26N4O4S. The van der Waals surface area contributed by atoms with Crippen molar-refractivity contribution in [1.29, 1.82) is 0 Å². The molecule has 2 aromatic carbocycles. The highest BCUT2D eigenvalue weighted by Crippen LogP contribution is 2.40. The predicted octanol–water partition coefficient (Wildman–Crippen LogP) is 5.35. The molecule has 3 N–H and O–H groups in total. The van der Waals surface area contributed by atoms with Crippen molar-refractivity contribution < 1.29 is 19.1 Å². The number of carboxylic acid groups (broad SMARTS) is 1. The van der Waals surface area contributed by atoms with Crippen LogP contribution in [-0.4, -0.2) is 38.5 Å². The molecule has 8 nitrogen and oxygen atoms in total. The molecule has 5 rings (SSSR count). The van der Waals surface area contributed by atoms with Crippen LogP contribution in [0.3, 0.4) is 0 Å². The molecule has 4 aromatic rings. The number of anilines is 1. The van der Waals surface area contributed by atoms with E-state index in [2.05, 4.69) is 15.6 Å². The topological polar surface area (TPSA) is 108 Å². The monoisotopic (exact) mass is 526 g/mol. The summed E-state index contributed by atoms with van der Waals surface area (Å²) in [6.07, 6.45) is 1.96. The second-order valence-corrected chi connectivity index (χ2v) is 9.46. The van der Waals surface area contributed by atoms with Crippen molar-refractivity contribution in [3.8, 4) is 11.3 Å². The summed E-state index contributed by atoms with van der Waals surface area (Å²) in [5.41, 5.74) is 3.58. The number of pyridine rings is 1. The van der Waals surface area contributed by atoms with Crippen LogP contribution < -0.4 is 10.6 Å². The average molecular weight is 527 g/mol. The van der Waals surface area contributed by atoms with Gasteiger partial charge in [-0.2, -0.15) is 0 Å². The van der Waals surface area contributed by atoms with Gasteiger partial charge in [0.15, 0.2) is 5.11 Å². The van der Waals surface area contributed by atoms with Crippen LogP contribution in [0.15, 0.2) is 89.5 Å². The van der Waals surface area contributed by atoms with Crippen LogP contribution in [0.5, 0.6) is 0 Å². The van der Waals surface area contributed by atoms with Gasteiger partial charge in [-0.3, -0.25) is 9.78 Å². The smallest absolute Gasteiger partial charge is 0.335 e. The maximum Gasteiger partial charge on any atom is 0.335 e. The molecule has 38 heavy (non-hydrogen) atoms. The number of hydrogen-bond donors (Lipinski definition) is 3. The number of furan rings is 1. The molecule has 2 aromatic heterocycles. The standard InChI is InChI=1S/C29H26N4O4S/c1-18-5-4-6-21(17-18)31-25(34)14-16-33-27(26(32-29(33)38)22-7-2-3-15-30-22)24-13-12-23(37-24)19-8-10-20(11-9-19)28(35)36/h2-13,15,17,26-27H,14,16H2,1H3,(H,31,34)(H,32,38)(H,35,36)/t26-,27+/m0/s1. The first-order valence-corrected chi connectivity index (χ1v) is 12.6. The zero-order valence-electron chi connectivity index (χ0n) is 20.6. The number of thiocarbonyl (C=S) groups is 1. The number of carbonyl (C=O) groups excluding carboxylic acids is 1. The SMILES string of the molecule is Cc1cccc(NC(=O)CCN2C(=S)N[C@@H](c3ccccn3)[C@H]2c2ccc(-c3ccc(C(=O)O)cc3)o2)c1. The summed E-state index contributed by atoms with van der Waals surface area (Å²) in [5.74, 6) is 0.163. The number of hydrogen-bond acceptors (Lipinski definition) is 5. The highest BCUT2D eigenvalue weighted by molar-refractivity contribution is 7.80. The Hall–Kier alpha value is -4.50. The first-order valence-electron chi connectivity index (χ1n) is 12.2. The van der Waals surface area contributed by atoms with E-state index in [1.54, 1.807) is 30.5 Å². The van der Waals surface area contributed by atoms with E-state index in [9.17, 15) is 14.7 Å². The highest BCUT2D eigenvalue weighted by atomic mass is 32.1. The van der Waals surface area contributed by atoms with E-state index in [0.29, 0.717) is 23.2 Å². The van der Waals surface area contributed by atoms with Crippen LogP contribution in [0.2, 0.25) is 0 Å². The largest absolute Gasteiger partial charge is 0.478 e. The van der Waals surface area contributed by atoms with E-state index in [1.165, 1.54) is 0 Å². The molecule has 0 spiro atoms. The first-order chi connectivity index (χ1) is 18.4. The fourth-order valence-electron chi connectivity index (χ4n) is 4.57. The van der Waals surface area contributed by atoms with Crippen LogP contribution in [-0.2, 0) is 4.79 Å². The number of amides is 1. The molecule has 0 bridgehead atoms. The summed E-state index contributed by atoms with van der Waals surface area (Å²) < 4.78 is 6.28. The van der Waals surface area contributed by atoms with Crippen molar-refractivity contribution in [2.24, 2.45) is 0 Å². The molecule has 0 radical (unpaired) electrons. The third-order valence-electron chi connectivity index (χ3n) is 6.41. The second kappa shape index (κ2) is 10.9. The van der Waals surface area contributed by atoms with Crippen molar-refractivity contribution in [1.82, 2.24) is 15.2 Å². The van der Waals surface area contributed by atoms with Crippen LogP contribution in [0.4, 0.5) is 5.69 Å². The van der Waals surface area contributed by atoms with Gasteiger partial charge >= 0.3 is 5.97 Å². The molecule has 3 heterocycles. The second-order valence-electron chi connectivity index (χ2n) is 9.07. The summed E-state index contributed by atoms with van der Waals surface area (Å²) in [6, 6.07) is 23.0. The van der Waals surface area contributed by atoms with E-state index in [0.717, 1.165) is 22.5 Å². The summed E-state index contributed by atoms with van der Waals surface area (Å²) in [4.78, 5) is 30.5. The maximum absolute atomic E-state index is 12.8. The molecule has 1 saturated heterocycles. The first kappa shape index (κ1) is 25.2. The number of nitrogens with one attached hydrogen (secondary N) is 2. The molecule has 1 aliphatic heterocycles. The van der Waals surface area contributed by atoms with Crippen molar-refractivity contribution in [3.05, 3.63) is 108 Å². The number of aromatic nitrogens is 1. The summed E-state index contributed by atoms with van der Waals surface area (Å²) in [7, 11) is 0. The van der Waals surface area contributed by atoms with E-state index >= 15 is 0 Å². The van der Waals surface area contributed by atoms with E-state index < -0.39 is 5.97 Å². The fraction of sp³-hybridized carbons (Fsp3) is 0.172. The van der Waals surface area contributed by atoms with Crippen LogP contribution in [0.1, 0.15) is 45.9 Å². The van der Waals surface area contributed by atoms with Crippen molar-refractivity contribution in [3.63, 3.8) is 0 Å². The molecule has 0 aliphatic carbocycles. The number of aryl methyl sites for hydroxylation is 1. The number of rotatable bonds is 8. The van der Waals surface area contributed by atoms with Crippen molar-refractivity contribution >= 4 is 34.9 Å². The van der Waals surface area contributed by atoms with Gasteiger partial charge in [-0.15, -0.1) is 0 Å². The summed E-state index contributed by atoms with van der Waals surface area (Å²) in [5, 5.41) is 16.0. The van der Waals surface area contributed by atoms with Gasteiger partial charge in [-0.25, -0.2) is 4.79 Å². The Balaban J connectivity index is 1.39. The quantitative estimate of drug-likeness (QED) is 0.264. The van der Waals surface area contributed by atoms with Crippen LogP contribution in [0.25, 0.3) is 11.3 Å². The Morgan fingerprint density at radius 3 is 2.61 bits per heavy atom. The molecule has 0 unspecified atom stereocenters. The average Bonchev–Trinajstić information content (AvgIpc) is 3.52. The molecular weight excluding hydrogens is 500 g/mol. The number of aromatic carboxylic acids is 1. The lowest BCUT2D eigenvalue weighted by molar-refractivity contribution is -0.116. The summed E-state index contributed by atoms with van der Waals surface area (Å²) >= 11 is 5.69. The Morgan fingerprint density at radius 1 is 1.08 bits per heavy atom. The minimum atomic E-state index is -0.984. The minimum absolute atomic E-state index is 0.114. The predicted molar refractivity (Wildman–Crippen MR) is 148 cm³/mol. The summed E-state index contributed by atoms with van der Waals surface area (Å²) in [6.45, 7) is 2.35. The molecule has 0 saturated carbocycles. The third kappa shape index (κ3) is 5.42. The Bertz CT molecular complexity index is 1470. The maximum atomic E-state index is 12.8. The van der Waals surface area contributed by atoms with Gasteiger partial charge in [0.25, 0.3) is 0 Å².